The number of carbonyl (C=O) groups is 1. The number of nitrogens with zero attached hydrogens (tertiary/aromatic N) is 2. The Balaban J connectivity index is 1.71. The first-order valence-corrected chi connectivity index (χ1v) is 5.81. The molecule has 0 radical (unpaired) electrons. The van der Waals surface area contributed by atoms with Crippen molar-refractivity contribution in [2.24, 2.45) is 0 Å². The fraction of sp³-hybridized carbons (Fsp3) is 0.250. The molecule has 1 saturated carbocycles. The topological polar surface area (TPSA) is 96.7 Å². The highest BCUT2D eigenvalue weighted by atomic mass is 16.2. The number of aromatic nitrogens is 3. The normalized spacial score (nSPS) is 14.4. The SMILES string of the molecule is Nc1ccc(NC(=O)c2n[nH]c(C3CC3)n2)cc1. The number of nitrogens with one attached hydrogen (secondary N) is 2. The Morgan fingerprint density at radius 3 is 2.72 bits per heavy atom. The summed E-state index contributed by atoms with van der Waals surface area (Å²) in [5, 5.41) is 9.44. The third-order valence-corrected chi connectivity index (χ3v) is 2.84. The van der Waals surface area contributed by atoms with Gasteiger partial charge in [-0.1, -0.05) is 0 Å². The molecule has 0 unspecified atom stereocenters. The number of nitrogens with two attached hydrogens (primary N) is 1. The van der Waals surface area contributed by atoms with Gasteiger partial charge in [0.1, 0.15) is 5.82 Å². The van der Waals surface area contributed by atoms with Crippen LogP contribution in [0.15, 0.2) is 24.3 Å². The molecule has 0 saturated heterocycles. The third-order valence-electron chi connectivity index (χ3n) is 2.84. The fourth-order valence-corrected chi connectivity index (χ4v) is 1.67. The number of nitrogen functional groups attached to an aromatic ring is 1. The zero-order valence-electron chi connectivity index (χ0n) is 9.68. The molecule has 1 aliphatic rings. The quantitative estimate of drug-likeness (QED) is 0.712. The lowest BCUT2D eigenvalue weighted by Crippen LogP contribution is -2.13. The molecule has 92 valence electrons. The molecule has 1 amide bonds. The predicted molar refractivity (Wildman–Crippen MR) is 67.2 cm³/mol. The van der Waals surface area contributed by atoms with Gasteiger partial charge >= 0.3 is 0 Å². The van der Waals surface area contributed by atoms with E-state index in [0.29, 0.717) is 17.3 Å². The van der Waals surface area contributed by atoms with E-state index >= 15 is 0 Å². The van der Waals surface area contributed by atoms with E-state index in [1.807, 2.05) is 0 Å². The zero-order valence-corrected chi connectivity index (χ0v) is 9.68. The minimum absolute atomic E-state index is 0.175. The highest BCUT2D eigenvalue weighted by molar-refractivity contribution is 6.01. The smallest absolute Gasteiger partial charge is 0.295 e. The van der Waals surface area contributed by atoms with E-state index in [-0.39, 0.29) is 11.7 Å². The first-order chi connectivity index (χ1) is 8.72. The number of amides is 1. The van der Waals surface area contributed by atoms with Crippen molar-refractivity contribution in [3.63, 3.8) is 0 Å². The molecule has 1 aromatic carbocycles. The van der Waals surface area contributed by atoms with Crippen LogP contribution in [0, 0.1) is 0 Å². The van der Waals surface area contributed by atoms with E-state index in [0.717, 1.165) is 18.7 Å². The van der Waals surface area contributed by atoms with Crippen molar-refractivity contribution in [3.8, 4) is 0 Å². The lowest BCUT2D eigenvalue weighted by Gasteiger charge is -2.02. The number of H-pyrrole nitrogens is 1. The fourth-order valence-electron chi connectivity index (χ4n) is 1.67. The molecule has 6 heteroatoms. The summed E-state index contributed by atoms with van der Waals surface area (Å²) in [4.78, 5) is 16.1. The van der Waals surface area contributed by atoms with Crippen LogP contribution in [0.25, 0.3) is 0 Å². The summed E-state index contributed by atoms with van der Waals surface area (Å²) in [7, 11) is 0. The molecule has 1 aromatic heterocycles. The predicted octanol–water partition coefficient (Wildman–Crippen LogP) is 1.52. The molecule has 6 nitrogen and oxygen atoms in total. The van der Waals surface area contributed by atoms with Gasteiger partial charge in [0.15, 0.2) is 0 Å². The number of aromatic amines is 1. The lowest BCUT2D eigenvalue weighted by molar-refractivity contribution is 0.101. The van der Waals surface area contributed by atoms with Crippen molar-refractivity contribution in [2.45, 2.75) is 18.8 Å². The minimum atomic E-state index is -0.317. The van der Waals surface area contributed by atoms with Crippen LogP contribution in [-0.4, -0.2) is 21.1 Å². The lowest BCUT2D eigenvalue weighted by atomic mass is 10.3. The molecular weight excluding hydrogens is 230 g/mol. The van der Waals surface area contributed by atoms with E-state index in [1.165, 1.54) is 0 Å². The number of hydrogen-bond acceptors (Lipinski definition) is 4. The second-order valence-electron chi connectivity index (χ2n) is 4.39. The summed E-state index contributed by atoms with van der Waals surface area (Å²) < 4.78 is 0. The Bertz CT molecular complexity index is 570. The van der Waals surface area contributed by atoms with Crippen LogP contribution in [0.4, 0.5) is 11.4 Å². The number of rotatable bonds is 3. The van der Waals surface area contributed by atoms with Crippen molar-refractivity contribution in [3.05, 3.63) is 35.9 Å². The van der Waals surface area contributed by atoms with Crippen LogP contribution in [0.2, 0.25) is 0 Å². The van der Waals surface area contributed by atoms with Crippen LogP contribution < -0.4 is 11.1 Å². The van der Waals surface area contributed by atoms with Gasteiger partial charge in [0.05, 0.1) is 0 Å². The van der Waals surface area contributed by atoms with Crippen LogP contribution in [0.1, 0.15) is 35.2 Å². The van der Waals surface area contributed by atoms with Gasteiger partial charge in [-0.2, -0.15) is 0 Å². The van der Waals surface area contributed by atoms with Crippen molar-refractivity contribution < 1.29 is 4.79 Å². The van der Waals surface area contributed by atoms with Crippen LogP contribution in [-0.2, 0) is 0 Å². The summed E-state index contributed by atoms with van der Waals surface area (Å²) in [5.41, 5.74) is 6.90. The van der Waals surface area contributed by atoms with E-state index < -0.39 is 0 Å². The van der Waals surface area contributed by atoms with Crippen LogP contribution in [0.3, 0.4) is 0 Å². The Hall–Kier alpha value is -2.37. The monoisotopic (exact) mass is 243 g/mol. The van der Waals surface area contributed by atoms with Gasteiger partial charge in [0.2, 0.25) is 5.82 Å². The molecule has 3 rings (SSSR count). The average Bonchev–Trinajstić information content (AvgIpc) is 3.10. The molecule has 1 aliphatic carbocycles. The van der Waals surface area contributed by atoms with E-state index in [2.05, 4.69) is 20.5 Å². The summed E-state index contributed by atoms with van der Waals surface area (Å²) >= 11 is 0. The summed E-state index contributed by atoms with van der Waals surface area (Å²) in [5.74, 6) is 1.12. The van der Waals surface area contributed by atoms with Gasteiger partial charge < -0.3 is 11.1 Å². The second kappa shape index (κ2) is 4.14. The molecule has 0 spiro atoms. The first kappa shape index (κ1) is 10.8. The van der Waals surface area contributed by atoms with Crippen molar-refractivity contribution >= 4 is 17.3 Å². The third kappa shape index (κ3) is 2.17. The van der Waals surface area contributed by atoms with E-state index in [9.17, 15) is 4.79 Å². The highest BCUT2D eigenvalue weighted by Gasteiger charge is 2.28. The largest absolute Gasteiger partial charge is 0.399 e. The number of carbonyl (C=O) groups excluding carboxylic acids is 1. The Kier molecular flexibility index (Phi) is 2.47. The van der Waals surface area contributed by atoms with Crippen LogP contribution >= 0.6 is 0 Å². The maximum Gasteiger partial charge on any atom is 0.295 e. The molecule has 0 atom stereocenters. The number of hydrogen-bond donors (Lipinski definition) is 3. The molecule has 0 aliphatic heterocycles. The van der Waals surface area contributed by atoms with Crippen molar-refractivity contribution in [2.75, 3.05) is 11.1 Å². The van der Waals surface area contributed by atoms with Gasteiger partial charge in [-0.25, -0.2) is 4.98 Å². The highest BCUT2D eigenvalue weighted by Crippen LogP contribution is 2.37. The molecular formula is C12H13N5O. The van der Waals surface area contributed by atoms with Gasteiger partial charge in [0, 0.05) is 17.3 Å². The minimum Gasteiger partial charge on any atom is -0.399 e. The van der Waals surface area contributed by atoms with E-state index in [1.54, 1.807) is 24.3 Å². The van der Waals surface area contributed by atoms with Crippen molar-refractivity contribution in [1.82, 2.24) is 15.2 Å². The Morgan fingerprint density at radius 1 is 1.33 bits per heavy atom. The summed E-state index contributed by atoms with van der Waals surface area (Å²) in [6, 6.07) is 6.93. The molecule has 2 aromatic rings. The standard InChI is InChI=1S/C12H13N5O/c13-8-3-5-9(6-4-8)14-12(18)11-15-10(16-17-11)7-1-2-7/h3-7H,1-2,13H2,(H,14,18)(H,15,16,17). The van der Waals surface area contributed by atoms with Gasteiger partial charge in [0.25, 0.3) is 5.91 Å². The van der Waals surface area contributed by atoms with Gasteiger partial charge in [-0.05, 0) is 37.1 Å². The van der Waals surface area contributed by atoms with Gasteiger partial charge in [-0.3, -0.25) is 9.89 Å². The molecule has 0 bridgehead atoms. The molecule has 18 heavy (non-hydrogen) atoms. The number of benzene rings is 1. The first-order valence-electron chi connectivity index (χ1n) is 5.81. The summed E-state index contributed by atoms with van der Waals surface area (Å²) in [6.45, 7) is 0. The maximum absolute atomic E-state index is 11.9. The summed E-state index contributed by atoms with van der Waals surface area (Å²) in [6.07, 6.45) is 2.24. The molecule has 1 heterocycles. The maximum atomic E-state index is 11.9. The van der Waals surface area contributed by atoms with E-state index in [4.69, 9.17) is 5.73 Å². The molecule has 4 N–H and O–H groups in total. The zero-order chi connectivity index (χ0) is 12.5. The number of anilines is 2. The molecule has 1 fully saturated rings. The average molecular weight is 243 g/mol. The van der Waals surface area contributed by atoms with Crippen LogP contribution in [0.5, 0.6) is 0 Å². The van der Waals surface area contributed by atoms with Gasteiger partial charge in [-0.15, -0.1) is 5.10 Å². The second-order valence-corrected chi connectivity index (χ2v) is 4.39. The Morgan fingerprint density at radius 2 is 2.06 bits per heavy atom. The Labute approximate surface area is 104 Å². The van der Waals surface area contributed by atoms with Crippen molar-refractivity contribution in [1.29, 1.82) is 0 Å².